The summed E-state index contributed by atoms with van der Waals surface area (Å²) in [6, 6.07) is 0. The molecule has 0 aliphatic rings. The molecule has 0 N–H and O–H groups in total. The number of hydrogen-bond donors (Lipinski definition) is 0. The van der Waals surface area contributed by atoms with Crippen molar-refractivity contribution in [3.8, 4) is 0 Å². The van der Waals surface area contributed by atoms with Crippen LogP contribution < -0.4 is 0 Å². The standard InChI is InChI=1S/C7H9O2/c1-3-4-7(9)5-6(2)8/h3-4H,1,5H2,2H3. The molecule has 2 heteroatoms. The lowest BCUT2D eigenvalue weighted by Crippen LogP contribution is -2.02. The highest BCUT2D eigenvalue weighted by atomic mass is 16.1. The number of ketones is 2. The van der Waals surface area contributed by atoms with Crippen LogP contribution in [-0.4, -0.2) is 11.6 Å². The van der Waals surface area contributed by atoms with Crippen molar-refractivity contribution >= 4 is 11.6 Å². The lowest BCUT2D eigenvalue weighted by molar-refractivity contribution is -0.123. The van der Waals surface area contributed by atoms with Gasteiger partial charge in [0.15, 0.2) is 0 Å². The SMILES string of the molecule is C=C[CH]C(=O)CC(C)=O. The highest BCUT2D eigenvalue weighted by Crippen LogP contribution is 1.89. The Morgan fingerprint density at radius 3 is 2.44 bits per heavy atom. The zero-order valence-electron chi connectivity index (χ0n) is 5.39. The van der Waals surface area contributed by atoms with E-state index in [0.29, 0.717) is 0 Å². The normalized spacial score (nSPS) is 8.56. The van der Waals surface area contributed by atoms with E-state index in [-0.39, 0.29) is 18.0 Å². The van der Waals surface area contributed by atoms with E-state index >= 15 is 0 Å². The van der Waals surface area contributed by atoms with E-state index in [9.17, 15) is 9.59 Å². The van der Waals surface area contributed by atoms with E-state index in [1.54, 1.807) is 0 Å². The Hall–Kier alpha value is -0.920. The molecule has 0 rings (SSSR count). The first-order valence-electron chi connectivity index (χ1n) is 2.65. The van der Waals surface area contributed by atoms with Crippen LogP contribution in [-0.2, 0) is 9.59 Å². The van der Waals surface area contributed by atoms with Crippen LogP contribution in [0.2, 0.25) is 0 Å². The van der Waals surface area contributed by atoms with Crippen LogP contribution in [0.5, 0.6) is 0 Å². The van der Waals surface area contributed by atoms with Gasteiger partial charge in [-0.05, 0) is 6.92 Å². The third-order valence-electron chi connectivity index (χ3n) is 0.727. The average molecular weight is 125 g/mol. The molecule has 0 aromatic rings. The van der Waals surface area contributed by atoms with Crippen LogP contribution in [0.3, 0.4) is 0 Å². The zero-order chi connectivity index (χ0) is 7.28. The maximum atomic E-state index is 10.5. The van der Waals surface area contributed by atoms with Gasteiger partial charge in [0.05, 0.1) is 6.42 Å². The minimum Gasteiger partial charge on any atom is -0.300 e. The maximum Gasteiger partial charge on any atom is 0.148 e. The van der Waals surface area contributed by atoms with Crippen molar-refractivity contribution < 1.29 is 9.59 Å². The minimum absolute atomic E-state index is 0.00792. The second-order valence-corrected chi connectivity index (χ2v) is 1.75. The first kappa shape index (κ1) is 8.08. The molecule has 49 valence electrons. The van der Waals surface area contributed by atoms with Crippen molar-refractivity contribution in [2.45, 2.75) is 13.3 Å². The lowest BCUT2D eigenvalue weighted by Gasteiger charge is -1.88. The van der Waals surface area contributed by atoms with Crippen molar-refractivity contribution in [3.63, 3.8) is 0 Å². The Morgan fingerprint density at radius 2 is 2.11 bits per heavy atom. The summed E-state index contributed by atoms with van der Waals surface area (Å²) in [6.07, 6.45) is 2.67. The van der Waals surface area contributed by atoms with Crippen LogP contribution in [0.15, 0.2) is 12.7 Å². The first-order chi connectivity index (χ1) is 4.16. The number of rotatable bonds is 4. The van der Waals surface area contributed by atoms with Crippen molar-refractivity contribution in [2.75, 3.05) is 0 Å². The third kappa shape index (κ3) is 4.94. The summed E-state index contributed by atoms with van der Waals surface area (Å²) in [6.45, 7) is 4.70. The smallest absolute Gasteiger partial charge is 0.148 e. The van der Waals surface area contributed by atoms with Crippen LogP contribution >= 0.6 is 0 Å². The van der Waals surface area contributed by atoms with Gasteiger partial charge in [-0.2, -0.15) is 0 Å². The number of allylic oxidation sites excluding steroid dienone is 1. The van der Waals surface area contributed by atoms with Gasteiger partial charge < -0.3 is 0 Å². The summed E-state index contributed by atoms with van der Waals surface area (Å²) in [7, 11) is 0. The second-order valence-electron chi connectivity index (χ2n) is 1.75. The molecule has 0 aliphatic carbocycles. The molecule has 0 amide bonds. The fraction of sp³-hybridized carbons (Fsp3) is 0.286. The van der Waals surface area contributed by atoms with E-state index in [4.69, 9.17) is 0 Å². The third-order valence-corrected chi connectivity index (χ3v) is 0.727. The van der Waals surface area contributed by atoms with Gasteiger partial charge >= 0.3 is 0 Å². The van der Waals surface area contributed by atoms with Gasteiger partial charge in [-0.3, -0.25) is 9.59 Å². The summed E-state index contributed by atoms with van der Waals surface area (Å²) in [5.41, 5.74) is 0. The minimum atomic E-state index is -0.183. The second kappa shape index (κ2) is 4.01. The van der Waals surface area contributed by atoms with Gasteiger partial charge in [0.2, 0.25) is 0 Å². The Kier molecular flexibility index (Phi) is 3.60. The molecule has 0 unspecified atom stereocenters. The molecule has 2 nitrogen and oxygen atoms in total. The molecular weight excluding hydrogens is 116 g/mol. The Labute approximate surface area is 54.6 Å². The van der Waals surface area contributed by atoms with Crippen molar-refractivity contribution in [2.24, 2.45) is 0 Å². The monoisotopic (exact) mass is 125 g/mol. The summed E-state index contributed by atoms with van der Waals surface area (Å²) >= 11 is 0. The molecule has 0 saturated carbocycles. The molecule has 0 saturated heterocycles. The number of carbonyl (C=O) groups is 2. The summed E-state index contributed by atoms with van der Waals surface area (Å²) in [5.74, 6) is -0.296. The molecule has 0 atom stereocenters. The van der Waals surface area contributed by atoms with E-state index < -0.39 is 0 Å². The molecule has 0 fully saturated rings. The molecule has 0 aromatic carbocycles. The Morgan fingerprint density at radius 1 is 1.56 bits per heavy atom. The summed E-state index contributed by atoms with van der Waals surface area (Å²) in [5, 5.41) is 0. The molecular formula is C7H9O2. The quantitative estimate of drug-likeness (QED) is 0.523. The largest absolute Gasteiger partial charge is 0.300 e. The average Bonchev–Trinajstić information content (AvgIpc) is 1.63. The predicted molar refractivity (Wildman–Crippen MR) is 34.8 cm³/mol. The van der Waals surface area contributed by atoms with Gasteiger partial charge in [-0.25, -0.2) is 0 Å². The number of carbonyl (C=O) groups excluding carboxylic acids is 2. The van der Waals surface area contributed by atoms with E-state index in [0.717, 1.165) is 0 Å². The molecule has 1 radical (unpaired) electrons. The fourth-order valence-corrected chi connectivity index (χ4v) is 0.436. The first-order valence-corrected chi connectivity index (χ1v) is 2.65. The van der Waals surface area contributed by atoms with E-state index in [2.05, 4.69) is 6.58 Å². The highest BCUT2D eigenvalue weighted by Gasteiger charge is 2.01. The maximum absolute atomic E-state index is 10.5. The molecule has 0 spiro atoms. The predicted octanol–water partition coefficient (Wildman–Crippen LogP) is 0.925. The van der Waals surface area contributed by atoms with Crippen molar-refractivity contribution in [3.05, 3.63) is 19.1 Å². The number of hydrogen-bond acceptors (Lipinski definition) is 2. The van der Waals surface area contributed by atoms with Crippen LogP contribution in [0.25, 0.3) is 0 Å². The van der Waals surface area contributed by atoms with Crippen molar-refractivity contribution in [1.82, 2.24) is 0 Å². The van der Waals surface area contributed by atoms with Gasteiger partial charge in [0.25, 0.3) is 0 Å². The Balaban J connectivity index is 3.50. The van der Waals surface area contributed by atoms with Crippen LogP contribution in [0.1, 0.15) is 13.3 Å². The number of Topliss-reactive ketones (excluding diaryl/α,β-unsaturated/α-hetero) is 2. The molecule has 9 heavy (non-hydrogen) atoms. The highest BCUT2D eigenvalue weighted by molar-refractivity contribution is 6.02. The van der Waals surface area contributed by atoms with Gasteiger partial charge in [0.1, 0.15) is 11.6 Å². The lowest BCUT2D eigenvalue weighted by atomic mass is 10.2. The fourth-order valence-electron chi connectivity index (χ4n) is 0.436. The molecule has 0 heterocycles. The van der Waals surface area contributed by atoms with Crippen LogP contribution in [0.4, 0.5) is 0 Å². The van der Waals surface area contributed by atoms with Gasteiger partial charge in [-0.1, -0.05) is 6.08 Å². The molecule has 0 bridgehead atoms. The van der Waals surface area contributed by atoms with Gasteiger partial charge in [-0.15, -0.1) is 6.58 Å². The zero-order valence-corrected chi connectivity index (χ0v) is 5.39. The Bertz CT molecular complexity index is 136. The van der Waals surface area contributed by atoms with Crippen molar-refractivity contribution in [1.29, 1.82) is 0 Å². The molecule has 0 aromatic heterocycles. The van der Waals surface area contributed by atoms with Gasteiger partial charge in [0, 0.05) is 6.42 Å². The molecule has 0 aliphatic heterocycles. The topological polar surface area (TPSA) is 34.1 Å². The van der Waals surface area contributed by atoms with E-state index in [1.807, 2.05) is 0 Å². The van der Waals surface area contributed by atoms with Crippen LogP contribution in [0, 0.1) is 6.42 Å². The van der Waals surface area contributed by atoms with E-state index in [1.165, 1.54) is 19.4 Å². The summed E-state index contributed by atoms with van der Waals surface area (Å²) < 4.78 is 0. The summed E-state index contributed by atoms with van der Waals surface area (Å²) in [4.78, 5) is 20.8.